The molecule has 0 saturated heterocycles. The molecule has 2 heterocycles. The second-order valence-electron chi connectivity index (χ2n) is 9.46. The zero-order valence-electron chi connectivity index (χ0n) is 21.5. The van der Waals surface area contributed by atoms with Crippen LogP contribution < -0.4 is 11.3 Å². The Hall–Kier alpha value is -5.07. The topological polar surface area (TPSA) is 85.8 Å². The van der Waals surface area contributed by atoms with Crippen LogP contribution in [0.15, 0.2) is 128 Å². The molecule has 0 fully saturated rings. The van der Waals surface area contributed by atoms with Crippen molar-refractivity contribution in [2.24, 2.45) is 5.84 Å². The van der Waals surface area contributed by atoms with Gasteiger partial charge in [0.1, 0.15) is 11.2 Å². The number of benzene rings is 4. The van der Waals surface area contributed by atoms with Gasteiger partial charge in [-0.05, 0) is 53.9 Å². The first-order valence-corrected chi connectivity index (χ1v) is 12.8. The fraction of sp³-hybridized carbons (Fsp3) is 0.0606. The molecular formula is C33H27N5O. The number of carbonyl (C=O) groups is 1. The molecule has 0 spiro atoms. The van der Waals surface area contributed by atoms with E-state index in [-0.39, 0.29) is 5.91 Å². The Bertz CT molecular complexity index is 1670. The molecular weight excluding hydrogens is 482 g/mol. The molecule has 3 N–H and O–H groups in total. The lowest BCUT2D eigenvalue weighted by Crippen LogP contribution is -2.38. The van der Waals surface area contributed by atoms with Gasteiger partial charge in [0.25, 0.3) is 5.91 Å². The molecule has 0 bridgehead atoms. The Morgan fingerprint density at radius 1 is 0.769 bits per heavy atom. The number of nitrogens with one attached hydrogen (secondary N) is 1. The second kappa shape index (κ2) is 10.0. The first-order valence-electron chi connectivity index (χ1n) is 12.8. The summed E-state index contributed by atoms with van der Waals surface area (Å²) in [4.78, 5) is 16.9. The highest BCUT2D eigenvalue weighted by atomic mass is 16.2. The van der Waals surface area contributed by atoms with Crippen LogP contribution in [0.3, 0.4) is 0 Å². The lowest BCUT2D eigenvalue weighted by atomic mass is 9.77. The molecule has 6 aromatic rings. The number of aromatic nitrogens is 3. The van der Waals surface area contributed by atoms with Crippen LogP contribution in [0.4, 0.5) is 0 Å². The van der Waals surface area contributed by atoms with Gasteiger partial charge in [-0.2, -0.15) is 5.10 Å². The molecule has 0 radical (unpaired) electrons. The molecule has 6 rings (SSSR count). The standard InChI is InChI=1S/C33H27N5O/c1-23-21-24(19-20-35-23)31-29-22-25(32(39)36-34)17-18-30(29)38(37-31)33(26-11-5-2-6-12-26,27-13-7-3-8-14-27)28-15-9-4-10-16-28/h2-22H,34H2,1H3,(H,36,39). The van der Waals surface area contributed by atoms with Crippen LogP contribution >= 0.6 is 0 Å². The molecule has 0 atom stereocenters. The highest BCUT2D eigenvalue weighted by Gasteiger charge is 2.41. The molecule has 4 aromatic carbocycles. The Kier molecular flexibility index (Phi) is 6.23. The maximum atomic E-state index is 12.6. The number of nitrogens with two attached hydrogens (primary N) is 1. The van der Waals surface area contributed by atoms with E-state index < -0.39 is 5.54 Å². The number of amides is 1. The number of pyridine rings is 1. The van der Waals surface area contributed by atoms with Crippen molar-refractivity contribution < 1.29 is 4.79 Å². The van der Waals surface area contributed by atoms with E-state index in [0.717, 1.165) is 44.5 Å². The Labute approximate surface area is 226 Å². The Balaban J connectivity index is 1.79. The van der Waals surface area contributed by atoms with Crippen LogP contribution in [-0.4, -0.2) is 20.7 Å². The molecule has 0 saturated carbocycles. The van der Waals surface area contributed by atoms with E-state index in [4.69, 9.17) is 10.9 Å². The molecule has 39 heavy (non-hydrogen) atoms. The van der Waals surface area contributed by atoms with Gasteiger partial charge in [0, 0.05) is 28.4 Å². The third-order valence-corrected chi connectivity index (χ3v) is 7.14. The normalized spacial score (nSPS) is 11.4. The van der Waals surface area contributed by atoms with E-state index in [1.807, 2.05) is 49.4 Å². The van der Waals surface area contributed by atoms with Gasteiger partial charge in [-0.3, -0.25) is 15.2 Å². The number of hydrogen-bond acceptors (Lipinski definition) is 4. The molecule has 6 heteroatoms. The number of fused-ring (bicyclic) bond motifs is 1. The number of carbonyl (C=O) groups excluding carboxylic acids is 1. The summed E-state index contributed by atoms with van der Waals surface area (Å²) in [6, 6.07) is 40.8. The van der Waals surface area contributed by atoms with Crippen LogP contribution in [0.25, 0.3) is 22.2 Å². The summed E-state index contributed by atoms with van der Waals surface area (Å²) in [5, 5.41) is 6.20. The summed E-state index contributed by atoms with van der Waals surface area (Å²) < 4.78 is 2.09. The van der Waals surface area contributed by atoms with E-state index in [1.165, 1.54) is 0 Å². The predicted molar refractivity (Wildman–Crippen MR) is 154 cm³/mol. The largest absolute Gasteiger partial charge is 0.290 e. The van der Waals surface area contributed by atoms with Gasteiger partial charge < -0.3 is 0 Å². The van der Waals surface area contributed by atoms with Crippen LogP contribution in [0.5, 0.6) is 0 Å². The molecule has 0 aliphatic rings. The average molecular weight is 510 g/mol. The van der Waals surface area contributed by atoms with Crippen molar-refractivity contribution >= 4 is 16.8 Å². The van der Waals surface area contributed by atoms with Crippen molar-refractivity contribution in [2.75, 3.05) is 0 Å². The Morgan fingerprint density at radius 3 is 1.85 bits per heavy atom. The summed E-state index contributed by atoms with van der Waals surface area (Å²) in [5.74, 6) is 5.13. The van der Waals surface area contributed by atoms with E-state index in [9.17, 15) is 4.79 Å². The predicted octanol–water partition coefficient (Wildman–Crippen LogP) is 5.85. The summed E-state index contributed by atoms with van der Waals surface area (Å²) in [7, 11) is 0. The fourth-order valence-corrected chi connectivity index (χ4v) is 5.41. The number of nitrogens with zero attached hydrogens (tertiary/aromatic N) is 3. The zero-order valence-corrected chi connectivity index (χ0v) is 21.5. The fourth-order valence-electron chi connectivity index (χ4n) is 5.41. The summed E-state index contributed by atoms with van der Waals surface area (Å²) in [5.41, 5.74) is 8.53. The van der Waals surface area contributed by atoms with E-state index in [1.54, 1.807) is 12.3 Å². The number of hydrogen-bond donors (Lipinski definition) is 2. The first kappa shape index (κ1) is 24.3. The minimum atomic E-state index is -0.806. The monoisotopic (exact) mass is 509 g/mol. The number of nitrogen functional groups attached to an aromatic ring is 1. The lowest BCUT2D eigenvalue weighted by Gasteiger charge is -2.37. The van der Waals surface area contributed by atoms with Gasteiger partial charge in [-0.1, -0.05) is 91.0 Å². The smallest absolute Gasteiger partial charge is 0.265 e. The van der Waals surface area contributed by atoms with Crippen molar-refractivity contribution in [1.82, 2.24) is 20.2 Å². The second-order valence-corrected chi connectivity index (χ2v) is 9.46. The summed E-state index contributed by atoms with van der Waals surface area (Å²) in [6.07, 6.45) is 1.78. The van der Waals surface area contributed by atoms with Gasteiger partial charge >= 0.3 is 0 Å². The van der Waals surface area contributed by atoms with Gasteiger partial charge in [0.05, 0.1) is 5.52 Å². The lowest BCUT2D eigenvalue weighted by molar-refractivity contribution is 0.0954. The molecule has 190 valence electrons. The SMILES string of the molecule is Cc1cc(-c2nn(C(c3ccccc3)(c3ccccc3)c3ccccc3)c3ccc(C(=O)NN)cc23)ccn1. The quantitative estimate of drug-likeness (QED) is 0.128. The number of aryl methyl sites for hydroxylation is 1. The minimum absolute atomic E-state index is 0.359. The average Bonchev–Trinajstić information content (AvgIpc) is 3.38. The highest BCUT2D eigenvalue weighted by Crippen LogP contribution is 2.44. The molecule has 2 aromatic heterocycles. The van der Waals surface area contributed by atoms with Crippen molar-refractivity contribution in [3.63, 3.8) is 0 Å². The van der Waals surface area contributed by atoms with Crippen LogP contribution in [0.2, 0.25) is 0 Å². The molecule has 0 unspecified atom stereocenters. The third kappa shape index (κ3) is 4.07. The van der Waals surface area contributed by atoms with Gasteiger partial charge in [0.15, 0.2) is 0 Å². The molecule has 1 amide bonds. The van der Waals surface area contributed by atoms with Gasteiger partial charge in [-0.15, -0.1) is 0 Å². The maximum absolute atomic E-state index is 12.6. The van der Waals surface area contributed by atoms with Crippen LogP contribution in [0, 0.1) is 6.92 Å². The molecule has 0 aliphatic heterocycles. The minimum Gasteiger partial charge on any atom is -0.290 e. The van der Waals surface area contributed by atoms with E-state index >= 15 is 0 Å². The van der Waals surface area contributed by atoms with Crippen molar-refractivity contribution in [3.8, 4) is 11.3 Å². The van der Waals surface area contributed by atoms with Crippen molar-refractivity contribution in [1.29, 1.82) is 0 Å². The van der Waals surface area contributed by atoms with Crippen molar-refractivity contribution in [3.05, 3.63) is 155 Å². The highest BCUT2D eigenvalue weighted by molar-refractivity contribution is 6.01. The molecule has 0 aliphatic carbocycles. The van der Waals surface area contributed by atoms with Crippen LogP contribution in [-0.2, 0) is 5.54 Å². The molecule has 6 nitrogen and oxygen atoms in total. The third-order valence-electron chi connectivity index (χ3n) is 7.14. The van der Waals surface area contributed by atoms with Gasteiger partial charge in [-0.25, -0.2) is 10.5 Å². The first-order chi connectivity index (χ1) is 19.1. The summed E-state index contributed by atoms with van der Waals surface area (Å²) >= 11 is 0. The summed E-state index contributed by atoms with van der Waals surface area (Å²) in [6.45, 7) is 1.96. The zero-order chi connectivity index (χ0) is 26.8. The maximum Gasteiger partial charge on any atom is 0.265 e. The number of rotatable bonds is 6. The van der Waals surface area contributed by atoms with E-state index in [2.05, 4.69) is 87.9 Å². The Morgan fingerprint density at radius 2 is 1.33 bits per heavy atom. The van der Waals surface area contributed by atoms with Gasteiger partial charge in [0.2, 0.25) is 0 Å². The van der Waals surface area contributed by atoms with Crippen molar-refractivity contribution in [2.45, 2.75) is 12.5 Å². The number of hydrazine groups is 1. The van der Waals surface area contributed by atoms with Crippen LogP contribution in [0.1, 0.15) is 32.7 Å². The van der Waals surface area contributed by atoms with E-state index in [0.29, 0.717) is 5.56 Å².